The standard InChI is InChI=1S/C7H16N2/c1-4-6(2)7(8)5-9-3/h5-6,9H,4,8H2,1-3H3/b7-5-. The van der Waals surface area contributed by atoms with E-state index in [0.717, 1.165) is 12.1 Å². The number of rotatable bonds is 3. The van der Waals surface area contributed by atoms with Crippen LogP contribution in [-0.4, -0.2) is 7.05 Å². The molecule has 2 heteroatoms. The molecule has 1 unspecified atom stereocenters. The van der Waals surface area contributed by atoms with Crippen molar-refractivity contribution in [2.75, 3.05) is 7.05 Å². The Hall–Kier alpha value is -0.660. The lowest BCUT2D eigenvalue weighted by Crippen LogP contribution is -2.11. The first-order valence-electron chi connectivity index (χ1n) is 3.35. The van der Waals surface area contributed by atoms with Crippen LogP contribution in [0.25, 0.3) is 0 Å². The number of nitrogens with one attached hydrogen (secondary N) is 1. The fourth-order valence-electron chi connectivity index (χ4n) is 0.545. The van der Waals surface area contributed by atoms with Crippen LogP contribution < -0.4 is 11.1 Å². The van der Waals surface area contributed by atoms with Crippen LogP contribution in [0.15, 0.2) is 11.9 Å². The van der Waals surface area contributed by atoms with E-state index in [2.05, 4.69) is 19.2 Å². The molecule has 0 spiro atoms. The van der Waals surface area contributed by atoms with Crippen molar-refractivity contribution in [2.24, 2.45) is 11.7 Å². The molecule has 0 bridgehead atoms. The third-order valence-electron chi connectivity index (χ3n) is 1.49. The Morgan fingerprint density at radius 3 is 2.67 bits per heavy atom. The van der Waals surface area contributed by atoms with Crippen LogP contribution in [0.2, 0.25) is 0 Å². The third-order valence-corrected chi connectivity index (χ3v) is 1.49. The summed E-state index contributed by atoms with van der Waals surface area (Å²) in [5, 5.41) is 2.90. The summed E-state index contributed by atoms with van der Waals surface area (Å²) in [6.07, 6.45) is 2.94. The highest BCUT2D eigenvalue weighted by Crippen LogP contribution is 2.06. The molecule has 0 saturated heterocycles. The zero-order valence-corrected chi connectivity index (χ0v) is 6.44. The summed E-state index contributed by atoms with van der Waals surface area (Å²) in [6, 6.07) is 0. The SMILES string of the molecule is CCC(C)/C(N)=C/NC. The fraction of sp³-hybridized carbons (Fsp3) is 0.714. The molecule has 0 radical (unpaired) electrons. The van der Waals surface area contributed by atoms with Crippen LogP contribution in [0.4, 0.5) is 0 Å². The van der Waals surface area contributed by atoms with Crippen molar-refractivity contribution in [2.45, 2.75) is 20.3 Å². The van der Waals surface area contributed by atoms with Crippen molar-refractivity contribution in [3.05, 3.63) is 11.9 Å². The van der Waals surface area contributed by atoms with E-state index in [1.165, 1.54) is 0 Å². The Bertz CT molecular complexity index is 97.1. The van der Waals surface area contributed by atoms with Gasteiger partial charge in [0.15, 0.2) is 0 Å². The molecule has 9 heavy (non-hydrogen) atoms. The number of nitrogens with two attached hydrogens (primary N) is 1. The normalized spacial score (nSPS) is 15.2. The van der Waals surface area contributed by atoms with Gasteiger partial charge in [0, 0.05) is 18.9 Å². The molecule has 0 saturated carbocycles. The highest BCUT2D eigenvalue weighted by atomic mass is 14.8. The fourth-order valence-corrected chi connectivity index (χ4v) is 0.545. The molecule has 3 N–H and O–H groups in total. The molecule has 0 aliphatic rings. The van der Waals surface area contributed by atoms with E-state index in [1.54, 1.807) is 0 Å². The second kappa shape index (κ2) is 4.24. The molecule has 0 aliphatic heterocycles. The topological polar surface area (TPSA) is 38.0 Å². The van der Waals surface area contributed by atoms with Crippen LogP contribution >= 0.6 is 0 Å². The van der Waals surface area contributed by atoms with Crippen LogP contribution in [0, 0.1) is 5.92 Å². The summed E-state index contributed by atoms with van der Waals surface area (Å²) < 4.78 is 0. The maximum Gasteiger partial charge on any atom is 0.0268 e. The van der Waals surface area contributed by atoms with Gasteiger partial charge in [-0.1, -0.05) is 13.8 Å². The molecule has 0 heterocycles. The average Bonchev–Trinajstić information content (AvgIpc) is 1.87. The summed E-state index contributed by atoms with van der Waals surface area (Å²) >= 11 is 0. The first-order valence-corrected chi connectivity index (χ1v) is 3.35. The monoisotopic (exact) mass is 128 g/mol. The van der Waals surface area contributed by atoms with E-state index in [9.17, 15) is 0 Å². The molecule has 54 valence electrons. The molecule has 1 atom stereocenters. The van der Waals surface area contributed by atoms with Crippen molar-refractivity contribution in [3.63, 3.8) is 0 Å². The summed E-state index contributed by atoms with van der Waals surface area (Å²) in [4.78, 5) is 0. The Morgan fingerprint density at radius 1 is 1.78 bits per heavy atom. The molecule has 0 aromatic carbocycles. The minimum Gasteiger partial charge on any atom is -0.401 e. The maximum atomic E-state index is 5.64. The minimum absolute atomic E-state index is 0.498. The van der Waals surface area contributed by atoms with Crippen molar-refractivity contribution in [1.29, 1.82) is 0 Å². The van der Waals surface area contributed by atoms with Gasteiger partial charge in [-0.3, -0.25) is 0 Å². The zero-order chi connectivity index (χ0) is 7.28. The largest absolute Gasteiger partial charge is 0.401 e. The average molecular weight is 128 g/mol. The van der Waals surface area contributed by atoms with Crippen LogP contribution in [0.1, 0.15) is 20.3 Å². The lowest BCUT2D eigenvalue weighted by Gasteiger charge is -2.07. The van der Waals surface area contributed by atoms with Crippen LogP contribution in [0.5, 0.6) is 0 Å². The summed E-state index contributed by atoms with van der Waals surface area (Å²) in [6.45, 7) is 4.24. The highest BCUT2D eigenvalue weighted by Gasteiger charge is 1.98. The Kier molecular flexibility index (Phi) is 3.93. The van der Waals surface area contributed by atoms with E-state index in [0.29, 0.717) is 5.92 Å². The Balaban J connectivity index is 3.70. The first kappa shape index (κ1) is 8.34. The molecule has 0 fully saturated rings. The van der Waals surface area contributed by atoms with Crippen molar-refractivity contribution < 1.29 is 0 Å². The van der Waals surface area contributed by atoms with Crippen LogP contribution in [-0.2, 0) is 0 Å². The smallest absolute Gasteiger partial charge is 0.0268 e. The lowest BCUT2D eigenvalue weighted by molar-refractivity contribution is 0.642. The van der Waals surface area contributed by atoms with Crippen molar-refractivity contribution in [3.8, 4) is 0 Å². The van der Waals surface area contributed by atoms with Gasteiger partial charge in [0.2, 0.25) is 0 Å². The predicted octanol–water partition coefficient (Wildman–Crippen LogP) is 1.05. The molecular formula is C7H16N2. The Labute approximate surface area is 57.1 Å². The van der Waals surface area contributed by atoms with Gasteiger partial charge in [-0.25, -0.2) is 0 Å². The van der Waals surface area contributed by atoms with Gasteiger partial charge in [0.05, 0.1) is 0 Å². The Morgan fingerprint density at radius 2 is 2.33 bits per heavy atom. The van der Waals surface area contributed by atoms with Gasteiger partial charge < -0.3 is 11.1 Å². The number of hydrogen-bond acceptors (Lipinski definition) is 2. The lowest BCUT2D eigenvalue weighted by atomic mass is 10.1. The van der Waals surface area contributed by atoms with Gasteiger partial charge in [0.1, 0.15) is 0 Å². The van der Waals surface area contributed by atoms with Crippen molar-refractivity contribution in [1.82, 2.24) is 5.32 Å². The molecular weight excluding hydrogens is 112 g/mol. The molecule has 0 amide bonds. The molecule has 0 aromatic heterocycles. The van der Waals surface area contributed by atoms with Gasteiger partial charge >= 0.3 is 0 Å². The molecule has 0 rings (SSSR count). The van der Waals surface area contributed by atoms with Gasteiger partial charge in [0.25, 0.3) is 0 Å². The molecule has 0 aliphatic carbocycles. The maximum absolute atomic E-state index is 5.64. The van der Waals surface area contributed by atoms with Gasteiger partial charge in [-0.05, 0) is 12.3 Å². The van der Waals surface area contributed by atoms with Gasteiger partial charge in [-0.15, -0.1) is 0 Å². The predicted molar refractivity (Wildman–Crippen MR) is 40.8 cm³/mol. The van der Waals surface area contributed by atoms with E-state index < -0.39 is 0 Å². The summed E-state index contributed by atoms with van der Waals surface area (Å²) in [5.41, 5.74) is 6.57. The molecule has 2 nitrogen and oxygen atoms in total. The third kappa shape index (κ3) is 3.01. The van der Waals surface area contributed by atoms with Crippen molar-refractivity contribution >= 4 is 0 Å². The van der Waals surface area contributed by atoms with E-state index in [4.69, 9.17) is 5.73 Å². The second-order valence-electron chi connectivity index (χ2n) is 2.24. The highest BCUT2D eigenvalue weighted by molar-refractivity contribution is 4.98. The van der Waals surface area contributed by atoms with Gasteiger partial charge in [-0.2, -0.15) is 0 Å². The van der Waals surface area contributed by atoms with Crippen LogP contribution in [0.3, 0.4) is 0 Å². The summed E-state index contributed by atoms with van der Waals surface area (Å²) in [5.74, 6) is 0.498. The zero-order valence-electron chi connectivity index (χ0n) is 6.44. The van der Waals surface area contributed by atoms with E-state index >= 15 is 0 Å². The minimum atomic E-state index is 0.498. The van der Waals surface area contributed by atoms with E-state index in [1.807, 2.05) is 13.2 Å². The second-order valence-corrected chi connectivity index (χ2v) is 2.24. The van der Waals surface area contributed by atoms with E-state index in [-0.39, 0.29) is 0 Å². The quantitative estimate of drug-likeness (QED) is 0.596. The first-order chi connectivity index (χ1) is 4.22. The molecule has 0 aromatic rings. The summed E-state index contributed by atoms with van der Waals surface area (Å²) in [7, 11) is 1.86. The number of hydrogen-bond donors (Lipinski definition) is 2. The number of allylic oxidation sites excluding steroid dienone is 1.